The molecular formula is C19H24N6O2. The molecule has 2 heterocycles. The first-order valence-electron chi connectivity index (χ1n) is 8.98. The Bertz CT molecular complexity index is 899. The summed E-state index contributed by atoms with van der Waals surface area (Å²) in [5.74, 6) is 1.37. The summed E-state index contributed by atoms with van der Waals surface area (Å²) in [6.45, 7) is 6.11. The van der Waals surface area contributed by atoms with Crippen molar-refractivity contribution in [3.05, 3.63) is 24.0 Å². The summed E-state index contributed by atoms with van der Waals surface area (Å²) in [5.41, 5.74) is 0.140. The van der Waals surface area contributed by atoms with E-state index in [1.165, 1.54) is 0 Å². The van der Waals surface area contributed by atoms with Gasteiger partial charge in [-0.2, -0.15) is 5.26 Å². The second-order valence-corrected chi connectivity index (χ2v) is 7.93. The molecule has 3 rings (SSSR count). The first kappa shape index (κ1) is 18.7. The van der Waals surface area contributed by atoms with Gasteiger partial charge in [-0.25, -0.2) is 14.8 Å². The lowest BCUT2D eigenvalue weighted by atomic mass is 10.1. The van der Waals surface area contributed by atoms with E-state index in [0.717, 1.165) is 30.0 Å². The molecule has 8 nitrogen and oxygen atoms in total. The number of amides is 1. The number of nitriles is 1. The Morgan fingerprint density at radius 1 is 1.30 bits per heavy atom. The van der Waals surface area contributed by atoms with Crippen LogP contribution in [0.25, 0.3) is 10.8 Å². The van der Waals surface area contributed by atoms with E-state index < -0.39 is 6.09 Å². The van der Waals surface area contributed by atoms with E-state index in [2.05, 4.69) is 32.0 Å². The molecule has 2 atom stereocenters. The van der Waals surface area contributed by atoms with E-state index in [-0.39, 0.29) is 17.6 Å². The number of nitrogens with one attached hydrogen (secondary N) is 3. The molecule has 0 bridgehead atoms. The molecule has 27 heavy (non-hydrogen) atoms. The molecule has 1 fully saturated rings. The normalized spacial score (nSPS) is 19.5. The summed E-state index contributed by atoms with van der Waals surface area (Å²) >= 11 is 0. The average Bonchev–Trinajstić information content (AvgIpc) is 2.99. The van der Waals surface area contributed by atoms with Crippen LogP contribution in [0.2, 0.25) is 0 Å². The second-order valence-electron chi connectivity index (χ2n) is 7.93. The molecular weight excluding hydrogens is 344 g/mol. The predicted molar refractivity (Wildman–Crippen MR) is 104 cm³/mol. The van der Waals surface area contributed by atoms with Gasteiger partial charge in [0.2, 0.25) is 0 Å². The van der Waals surface area contributed by atoms with Gasteiger partial charge in [-0.15, -0.1) is 0 Å². The number of pyridine rings is 2. The minimum absolute atomic E-state index is 0.0292. The fraction of sp³-hybridized carbons (Fsp3) is 0.474. The molecule has 0 aromatic carbocycles. The maximum absolute atomic E-state index is 10.8. The predicted octanol–water partition coefficient (Wildman–Crippen LogP) is 3.31. The molecule has 4 N–H and O–H groups in total. The Hall–Kier alpha value is -3.08. The number of anilines is 2. The first-order valence-corrected chi connectivity index (χ1v) is 8.98. The Morgan fingerprint density at radius 3 is 2.70 bits per heavy atom. The number of nitrogens with zero attached hydrogens (tertiary/aromatic N) is 3. The Labute approximate surface area is 158 Å². The molecule has 0 unspecified atom stereocenters. The fourth-order valence-electron chi connectivity index (χ4n) is 3.36. The van der Waals surface area contributed by atoms with Gasteiger partial charge in [-0.05, 0) is 52.2 Å². The summed E-state index contributed by atoms with van der Waals surface area (Å²) < 4.78 is 0. The van der Waals surface area contributed by atoms with Crippen LogP contribution in [0.1, 0.15) is 45.7 Å². The molecule has 0 saturated heterocycles. The smallest absolute Gasteiger partial charge is 0.404 e. The van der Waals surface area contributed by atoms with Crippen LogP contribution < -0.4 is 16.0 Å². The van der Waals surface area contributed by atoms with Gasteiger partial charge in [-0.3, -0.25) is 0 Å². The van der Waals surface area contributed by atoms with Crippen molar-refractivity contribution < 1.29 is 9.90 Å². The van der Waals surface area contributed by atoms with Crippen LogP contribution in [0.5, 0.6) is 0 Å². The van der Waals surface area contributed by atoms with Gasteiger partial charge < -0.3 is 21.1 Å². The quantitative estimate of drug-likeness (QED) is 0.653. The van der Waals surface area contributed by atoms with Crippen molar-refractivity contribution in [3.8, 4) is 6.07 Å². The third-order valence-corrected chi connectivity index (χ3v) is 4.43. The summed E-state index contributed by atoms with van der Waals surface area (Å²) in [6, 6.07) is 5.88. The maximum atomic E-state index is 10.8. The first-order chi connectivity index (χ1) is 12.7. The Morgan fingerprint density at radius 2 is 2.04 bits per heavy atom. The van der Waals surface area contributed by atoms with Crippen molar-refractivity contribution in [2.45, 2.75) is 57.7 Å². The number of aromatic nitrogens is 2. The lowest BCUT2D eigenvalue weighted by Gasteiger charge is -2.23. The van der Waals surface area contributed by atoms with Crippen LogP contribution in [0, 0.1) is 11.3 Å². The van der Waals surface area contributed by atoms with Gasteiger partial charge in [0.15, 0.2) is 0 Å². The molecule has 0 spiro atoms. The van der Waals surface area contributed by atoms with E-state index in [4.69, 9.17) is 5.11 Å². The van der Waals surface area contributed by atoms with Crippen molar-refractivity contribution in [3.63, 3.8) is 0 Å². The highest BCUT2D eigenvalue weighted by molar-refractivity contribution is 5.94. The molecule has 142 valence electrons. The number of hydrogen-bond donors (Lipinski definition) is 4. The molecule has 1 amide bonds. The largest absolute Gasteiger partial charge is 0.465 e. The SMILES string of the molecule is CC(C)(C)Nc1nc(C#N)cc2cnc(N[C@H]3CC[C@H](NC(=O)O)C3)cc12. The Balaban J connectivity index is 1.85. The molecule has 1 aliphatic carbocycles. The molecule has 0 radical (unpaired) electrons. The number of carbonyl (C=O) groups is 1. The Kier molecular flexibility index (Phi) is 5.04. The van der Waals surface area contributed by atoms with E-state index in [0.29, 0.717) is 17.3 Å². The minimum atomic E-state index is -0.984. The zero-order valence-electron chi connectivity index (χ0n) is 15.7. The van der Waals surface area contributed by atoms with Crippen molar-refractivity contribution in [2.24, 2.45) is 0 Å². The standard InChI is InChI=1S/C19H24N6O2/c1-19(2,3)25-17-15-8-16(21-10-11(15)6-14(9-20)23-17)22-12-4-5-13(7-12)24-18(26)27/h6,8,10,12-13,24H,4-5,7H2,1-3H3,(H,21,22)(H,23,25)(H,26,27)/t12-,13-/m0/s1. The summed E-state index contributed by atoms with van der Waals surface area (Å²) in [4.78, 5) is 19.7. The van der Waals surface area contributed by atoms with Gasteiger partial charge in [0.05, 0.1) is 0 Å². The van der Waals surface area contributed by atoms with Gasteiger partial charge in [-0.1, -0.05) is 0 Å². The van der Waals surface area contributed by atoms with Gasteiger partial charge in [0, 0.05) is 34.6 Å². The third kappa shape index (κ3) is 4.76. The van der Waals surface area contributed by atoms with Crippen molar-refractivity contribution in [2.75, 3.05) is 10.6 Å². The fourth-order valence-corrected chi connectivity index (χ4v) is 3.36. The zero-order valence-corrected chi connectivity index (χ0v) is 15.7. The highest BCUT2D eigenvalue weighted by atomic mass is 16.4. The summed E-state index contributed by atoms with van der Waals surface area (Å²) in [5, 5.41) is 29.1. The lowest BCUT2D eigenvalue weighted by molar-refractivity contribution is 0.190. The van der Waals surface area contributed by atoms with Crippen LogP contribution >= 0.6 is 0 Å². The van der Waals surface area contributed by atoms with Crippen molar-refractivity contribution in [1.82, 2.24) is 15.3 Å². The maximum Gasteiger partial charge on any atom is 0.404 e. The molecule has 2 aromatic heterocycles. The lowest BCUT2D eigenvalue weighted by Crippen LogP contribution is -2.32. The molecule has 8 heteroatoms. The number of hydrogen-bond acceptors (Lipinski definition) is 6. The van der Waals surface area contributed by atoms with Gasteiger partial charge >= 0.3 is 6.09 Å². The number of carboxylic acid groups (broad SMARTS) is 1. The van der Waals surface area contributed by atoms with E-state index >= 15 is 0 Å². The van der Waals surface area contributed by atoms with E-state index in [9.17, 15) is 10.1 Å². The highest BCUT2D eigenvalue weighted by Gasteiger charge is 2.26. The van der Waals surface area contributed by atoms with Gasteiger partial charge in [0.25, 0.3) is 0 Å². The topological polar surface area (TPSA) is 123 Å². The monoisotopic (exact) mass is 368 g/mol. The van der Waals surface area contributed by atoms with Crippen LogP contribution in [0.4, 0.5) is 16.4 Å². The molecule has 0 aliphatic heterocycles. The second kappa shape index (κ2) is 7.27. The average molecular weight is 368 g/mol. The summed E-state index contributed by atoms with van der Waals surface area (Å²) in [7, 11) is 0. The number of fused-ring (bicyclic) bond motifs is 1. The zero-order chi connectivity index (χ0) is 19.6. The van der Waals surface area contributed by atoms with Crippen molar-refractivity contribution in [1.29, 1.82) is 5.26 Å². The van der Waals surface area contributed by atoms with Crippen LogP contribution in [-0.2, 0) is 0 Å². The third-order valence-electron chi connectivity index (χ3n) is 4.43. The summed E-state index contributed by atoms with van der Waals surface area (Å²) in [6.07, 6.45) is 3.16. The van der Waals surface area contributed by atoms with Crippen LogP contribution in [0.15, 0.2) is 18.3 Å². The van der Waals surface area contributed by atoms with Gasteiger partial charge in [0.1, 0.15) is 23.4 Å². The van der Waals surface area contributed by atoms with E-state index in [1.54, 1.807) is 12.3 Å². The minimum Gasteiger partial charge on any atom is -0.465 e. The van der Waals surface area contributed by atoms with Crippen LogP contribution in [-0.4, -0.2) is 38.8 Å². The molecule has 2 aromatic rings. The molecule has 1 saturated carbocycles. The van der Waals surface area contributed by atoms with E-state index in [1.807, 2.05) is 26.8 Å². The highest BCUT2D eigenvalue weighted by Crippen LogP contribution is 2.28. The van der Waals surface area contributed by atoms with Crippen molar-refractivity contribution >= 4 is 28.5 Å². The molecule has 1 aliphatic rings. The van der Waals surface area contributed by atoms with Crippen LogP contribution in [0.3, 0.4) is 0 Å². The number of rotatable bonds is 4.